The van der Waals surface area contributed by atoms with E-state index in [0.29, 0.717) is 19.1 Å². The van der Waals surface area contributed by atoms with Crippen LogP contribution in [0.2, 0.25) is 0 Å². The molecule has 0 bridgehead atoms. The summed E-state index contributed by atoms with van der Waals surface area (Å²) in [6, 6.07) is 8.19. The van der Waals surface area contributed by atoms with Crippen molar-refractivity contribution in [2.24, 2.45) is 5.92 Å². The molecule has 0 radical (unpaired) electrons. The van der Waals surface area contributed by atoms with Crippen molar-refractivity contribution in [2.75, 3.05) is 25.1 Å². The fraction of sp³-hybridized carbons (Fsp3) is 0.588. The number of carbonyl (C=O) groups excluding carboxylic acids is 1. The third-order valence-electron chi connectivity index (χ3n) is 3.89. The molecule has 4 nitrogen and oxygen atoms in total. The minimum Gasteiger partial charge on any atom is -0.379 e. The molecule has 1 aromatic carbocycles. The highest BCUT2D eigenvalue weighted by molar-refractivity contribution is 5.93. The Balaban J connectivity index is 1.98. The van der Waals surface area contributed by atoms with Crippen LogP contribution in [0.3, 0.4) is 0 Å². The summed E-state index contributed by atoms with van der Waals surface area (Å²) in [5, 5.41) is 6.42. The highest BCUT2D eigenvalue weighted by Gasteiger charge is 2.33. The molecule has 1 saturated heterocycles. The average molecular weight is 290 g/mol. The van der Waals surface area contributed by atoms with Gasteiger partial charge >= 0.3 is 0 Å². The van der Waals surface area contributed by atoms with Gasteiger partial charge in [-0.05, 0) is 36.6 Å². The quantitative estimate of drug-likeness (QED) is 0.847. The maximum absolute atomic E-state index is 12.4. The van der Waals surface area contributed by atoms with Crippen LogP contribution in [0.15, 0.2) is 24.3 Å². The zero-order chi connectivity index (χ0) is 15.2. The summed E-state index contributed by atoms with van der Waals surface area (Å²) < 4.78 is 5.46. The number of anilines is 1. The molecular weight excluding hydrogens is 264 g/mol. The first-order valence-corrected chi connectivity index (χ1v) is 7.83. The van der Waals surface area contributed by atoms with Gasteiger partial charge in [0.25, 0.3) is 0 Å². The number of rotatable bonds is 6. The Morgan fingerprint density at radius 2 is 2.19 bits per heavy atom. The van der Waals surface area contributed by atoms with E-state index in [1.807, 2.05) is 18.2 Å². The zero-order valence-corrected chi connectivity index (χ0v) is 13.2. The second-order valence-corrected chi connectivity index (χ2v) is 5.97. The maximum Gasteiger partial charge on any atom is 0.231 e. The molecular formula is C17H26N2O2. The van der Waals surface area contributed by atoms with Crippen molar-refractivity contribution >= 4 is 11.6 Å². The summed E-state index contributed by atoms with van der Waals surface area (Å²) in [6.07, 6.45) is 1.06. The molecule has 0 aromatic heterocycles. The molecule has 1 aromatic rings. The molecule has 1 amide bonds. The molecule has 2 N–H and O–H groups in total. The molecule has 4 heteroatoms. The molecule has 2 atom stereocenters. The Kier molecular flexibility index (Phi) is 5.76. The summed E-state index contributed by atoms with van der Waals surface area (Å²) in [5.74, 6) is 0.386. The van der Waals surface area contributed by atoms with Crippen LogP contribution in [-0.2, 0) is 9.53 Å². The van der Waals surface area contributed by atoms with Crippen molar-refractivity contribution in [3.05, 3.63) is 29.8 Å². The van der Waals surface area contributed by atoms with Crippen LogP contribution in [-0.4, -0.2) is 31.7 Å². The van der Waals surface area contributed by atoms with Gasteiger partial charge in [-0.25, -0.2) is 0 Å². The van der Waals surface area contributed by atoms with Crippen LogP contribution in [0.25, 0.3) is 0 Å². The number of nitrogens with one attached hydrogen (secondary N) is 2. The zero-order valence-electron chi connectivity index (χ0n) is 13.2. The molecule has 0 saturated carbocycles. The van der Waals surface area contributed by atoms with Crippen LogP contribution >= 0.6 is 0 Å². The monoisotopic (exact) mass is 290 g/mol. The van der Waals surface area contributed by atoms with E-state index in [-0.39, 0.29) is 17.9 Å². The number of amides is 1. The molecule has 2 rings (SSSR count). The lowest BCUT2D eigenvalue weighted by atomic mass is 10.0. The Bertz CT molecular complexity index is 474. The van der Waals surface area contributed by atoms with E-state index < -0.39 is 0 Å². The Labute approximate surface area is 127 Å². The number of ether oxygens (including phenoxy) is 1. The Hall–Kier alpha value is -1.39. The molecule has 21 heavy (non-hydrogen) atoms. The van der Waals surface area contributed by atoms with Gasteiger partial charge in [-0.3, -0.25) is 4.79 Å². The number of carbonyl (C=O) groups is 1. The van der Waals surface area contributed by atoms with Crippen LogP contribution in [0.5, 0.6) is 0 Å². The van der Waals surface area contributed by atoms with Crippen LogP contribution < -0.4 is 10.6 Å². The normalized spacial score (nSPS) is 21.7. The van der Waals surface area contributed by atoms with E-state index in [9.17, 15) is 4.79 Å². The molecule has 1 heterocycles. The highest BCUT2D eigenvalue weighted by atomic mass is 16.5. The van der Waals surface area contributed by atoms with Crippen LogP contribution in [0.1, 0.15) is 38.7 Å². The van der Waals surface area contributed by atoms with Gasteiger partial charge in [-0.2, -0.15) is 0 Å². The van der Waals surface area contributed by atoms with Crippen molar-refractivity contribution in [1.29, 1.82) is 0 Å². The summed E-state index contributed by atoms with van der Waals surface area (Å²) in [4.78, 5) is 12.4. The topological polar surface area (TPSA) is 50.4 Å². The van der Waals surface area contributed by atoms with E-state index in [1.54, 1.807) is 0 Å². The predicted molar refractivity (Wildman–Crippen MR) is 85.6 cm³/mol. The van der Waals surface area contributed by atoms with Crippen molar-refractivity contribution in [3.8, 4) is 0 Å². The summed E-state index contributed by atoms with van der Waals surface area (Å²) in [5.41, 5.74) is 2.10. The Morgan fingerprint density at radius 3 is 2.90 bits per heavy atom. The Morgan fingerprint density at radius 1 is 1.38 bits per heavy atom. The molecule has 1 fully saturated rings. The third-order valence-corrected chi connectivity index (χ3v) is 3.89. The van der Waals surface area contributed by atoms with E-state index in [2.05, 4.69) is 37.5 Å². The first-order chi connectivity index (χ1) is 10.1. The standard InChI is InChI=1S/C17H26N2O2/c1-4-8-18-16-11-21-10-15(16)17(20)19-14-7-5-6-13(9-14)12(2)3/h5-7,9,12,15-16,18H,4,8,10-11H2,1-3H3,(H,19,20). The van der Waals surface area contributed by atoms with Gasteiger partial charge in [-0.1, -0.05) is 32.9 Å². The van der Waals surface area contributed by atoms with Crippen molar-refractivity contribution < 1.29 is 9.53 Å². The SMILES string of the molecule is CCCNC1COCC1C(=O)Nc1cccc(C(C)C)c1. The highest BCUT2D eigenvalue weighted by Crippen LogP contribution is 2.21. The van der Waals surface area contributed by atoms with Crippen molar-refractivity contribution in [1.82, 2.24) is 5.32 Å². The lowest BCUT2D eigenvalue weighted by molar-refractivity contribution is -0.120. The predicted octanol–water partition coefficient (Wildman–Crippen LogP) is 2.76. The second kappa shape index (κ2) is 7.57. The minimum absolute atomic E-state index is 0.0435. The van der Waals surface area contributed by atoms with Crippen LogP contribution in [0.4, 0.5) is 5.69 Å². The molecule has 1 aliphatic heterocycles. The van der Waals surface area contributed by atoms with Gasteiger partial charge in [0.15, 0.2) is 0 Å². The smallest absolute Gasteiger partial charge is 0.231 e. The molecule has 116 valence electrons. The summed E-state index contributed by atoms with van der Waals surface area (Å²) >= 11 is 0. The van der Waals surface area contributed by atoms with E-state index >= 15 is 0 Å². The van der Waals surface area contributed by atoms with Gasteiger partial charge in [0, 0.05) is 11.7 Å². The minimum atomic E-state index is -0.112. The summed E-state index contributed by atoms with van der Waals surface area (Å²) in [7, 11) is 0. The van der Waals surface area contributed by atoms with Crippen molar-refractivity contribution in [2.45, 2.75) is 39.2 Å². The van der Waals surface area contributed by atoms with Gasteiger partial charge < -0.3 is 15.4 Å². The van der Waals surface area contributed by atoms with E-state index in [1.165, 1.54) is 5.56 Å². The fourth-order valence-electron chi connectivity index (χ4n) is 2.55. The average Bonchev–Trinajstić information content (AvgIpc) is 2.93. The third kappa shape index (κ3) is 4.29. The maximum atomic E-state index is 12.4. The second-order valence-electron chi connectivity index (χ2n) is 5.97. The first-order valence-electron chi connectivity index (χ1n) is 7.83. The van der Waals surface area contributed by atoms with Gasteiger partial charge in [0.2, 0.25) is 5.91 Å². The van der Waals surface area contributed by atoms with E-state index in [4.69, 9.17) is 4.74 Å². The van der Waals surface area contributed by atoms with Crippen molar-refractivity contribution in [3.63, 3.8) is 0 Å². The molecule has 0 aliphatic carbocycles. The van der Waals surface area contributed by atoms with E-state index in [0.717, 1.165) is 18.7 Å². The lowest BCUT2D eigenvalue weighted by Crippen LogP contribution is -2.41. The van der Waals surface area contributed by atoms with Gasteiger partial charge in [0.1, 0.15) is 0 Å². The number of hydrogen-bond acceptors (Lipinski definition) is 3. The molecule has 1 aliphatic rings. The molecule has 2 unspecified atom stereocenters. The largest absolute Gasteiger partial charge is 0.379 e. The number of hydrogen-bond donors (Lipinski definition) is 2. The lowest BCUT2D eigenvalue weighted by Gasteiger charge is -2.18. The summed E-state index contributed by atoms with van der Waals surface area (Å²) in [6.45, 7) is 8.45. The van der Waals surface area contributed by atoms with Gasteiger partial charge in [0.05, 0.1) is 19.1 Å². The first kappa shape index (κ1) is 16.0. The fourth-order valence-corrected chi connectivity index (χ4v) is 2.55. The van der Waals surface area contributed by atoms with Gasteiger partial charge in [-0.15, -0.1) is 0 Å². The number of benzene rings is 1. The van der Waals surface area contributed by atoms with Crippen LogP contribution in [0, 0.1) is 5.92 Å². The molecule has 0 spiro atoms.